The van der Waals surface area contributed by atoms with Crippen LogP contribution in [0.25, 0.3) is 0 Å². The normalized spacial score (nSPS) is 10.5. The summed E-state index contributed by atoms with van der Waals surface area (Å²) >= 11 is 0. The molecular weight excluding hydrogens is 276 g/mol. The van der Waals surface area contributed by atoms with E-state index in [0.717, 1.165) is 25.7 Å². The van der Waals surface area contributed by atoms with Crippen molar-refractivity contribution in [2.45, 2.75) is 122 Å². The van der Waals surface area contributed by atoms with Crippen molar-refractivity contribution in [2.75, 3.05) is 0 Å². The highest BCUT2D eigenvalue weighted by atomic mass is 14.0. The molecule has 0 aliphatic heterocycles. The lowest BCUT2D eigenvalue weighted by atomic mass is 10.0. The Kier molecular flexibility index (Phi) is 21.1. The molecule has 0 saturated carbocycles. The third-order valence-electron chi connectivity index (χ3n) is 4.48. The molecule has 0 aromatic heterocycles. The standard InChI is InChI=1S/C23H42/c1-3-5-7-9-11-13-15-17-19-21-23-22-20-18-16-14-12-10-8-6-4-2/h1-13,15,17-23H2. The van der Waals surface area contributed by atoms with Crippen molar-refractivity contribution in [3.63, 3.8) is 0 Å². The molecule has 0 bridgehead atoms. The van der Waals surface area contributed by atoms with E-state index < -0.39 is 0 Å². The van der Waals surface area contributed by atoms with E-state index in [-0.39, 0.29) is 0 Å². The molecule has 0 heterocycles. The fourth-order valence-electron chi connectivity index (χ4n) is 2.90. The molecule has 0 amide bonds. The molecule has 0 atom stereocenters. The van der Waals surface area contributed by atoms with Crippen LogP contribution in [-0.4, -0.2) is 0 Å². The second-order valence-corrected chi connectivity index (χ2v) is 6.86. The van der Waals surface area contributed by atoms with Crippen LogP contribution in [0.5, 0.6) is 0 Å². The van der Waals surface area contributed by atoms with E-state index >= 15 is 0 Å². The van der Waals surface area contributed by atoms with Gasteiger partial charge in [0.05, 0.1) is 0 Å². The van der Waals surface area contributed by atoms with Crippen molar-refractivity contribution >= 4 is 0 Å². The molecule has 0 saturated heterocycles. The lowest BCUT2D eigenvalue weighted by Gasteiger charge is -2.02. The van der Waals surface area contributed by atoms with Crippen LogP contribution in [-0.2, 0) is 0 Å². The summed E-state index contributed by atoms with van der Waals surface area (Å²) in [7, 11) is 0. The molecule has 0 N–H and O–H groups in total. The summed E-state index contributed by atoms with van der Waals surface area (Å²) in [4.78, 5) is 0. The zero-order valence-corrected chi connectivity index (χ0v) is 15.8. The molecule has 0 heteroatoms. The van der Waals surface area contributed by atoms with Gasteiger partial charge < -0.3 is 0 Å². The zero-order valence-electron chi connectivity index (χ0n) is 15.8. The van der Waals surface area contributed by atoms with E-state index in [0.29, 0.717) is 0 Å². The molecule has 0 aromatic rings. The number of rotatable bonds is 17. The first-order valence-corrected chi connectivity index (χ1v) is 10.5. The number of hydrogen-bond acceptors (Lipinski definition) is 0. The van der Waals surface area contributed by atoms with Gasteiger partial charge in [0.15, 0.2) is 0 Å². The molecule has 0 spiro atoms. The highest BCUT2D eigenvalue weighted by Gasteiger charge is 1.93. The van der Waals surface area contributed by atoms with Crippen molar-refractivity contribution in [3.8, 4) is 11.8 Å². The first-order chi connectivity index (χ1) is 11.4. The second kappa shape index (κ2) is 21.6. The molecule has 0 rings (SSSR count). The fraction of sp³-hybridized carbons (Fsp3) is 0.826. The zero-order chi connectivity index (χ0) is 16.8. The summed E-state index contributed by atoms with van der Waals surface area (Å²) in [5.74, 6) is 6.65. The lowest BCUT2D eigenvalue weighted by molar-refractivity contribution is 0.542. The summed E-state index contributed by atoms with van der Waals surface area (Å²) in [6.07, 6.45) is 25.1. The molecule has 0 aliphatic rings. The summed E-state index contributed by atoms with van der Waals surface area (Å²) in [5.41, 5.74) is 0. The minimum atomic E-state index is 1.07. The van der Waals surface area contributed by atoms with Gasteiger partial charge in [-0.2, -0.15) is 0 Å². The Morgan fingerprint density at radius 1 is 0.348 bits per heavy atom. The highest BCUT2D eigenvalue weighted by molar-refractivity contribution is 4.98. The smallest absolute Gasteiger partial charge is 0.00886 e. The van der Waals surface area contributed by atoms with Crippen molar-refractivity contribution in [3.05, 3.63) is 13.8 Å². The van der Waals surface area contributed by atoms with E-state index in [1.807, 2.05) is 0 Å². The second-order valence-electron chi connectivity index (χ2n) is 6.86. The average Bonchev–Trinajstić information content (AvgIpc) is 2.57. The van der Waals surface area contributed by atoms with Gasteiger partial charge in [-0.15, -0.1) is 11.8 Å². The third-order valence-corrected chi connectivity index (χ3v) is 4.48. The monoisotopic (exact) mass is 318 g/mol. The molecule has 0 fully saturated rings. The van der Waals surface area contributed by atoms with Gasteiger partial charge >= 0.3 is 0 Å². The molecule has 2 radical (unpaired) electrons. The quantitative estimate of drug-likeness (QED) is 0.188. The van der Waals surface area contributed by atoms with Crippen LogP contribution in [0.4, 0.5) is 0 Å². The van der Waals surface area contributed by atoms with Gasteiger partial charge in [-0.05, 0) is 12.8 Å². The summed E-state index contributed by atoms with van der Waals surface area (Å²) < 4.78 is 0. The average molecular weight is 319 g/mol. The topological polar surface area (TPSA) is 0 Å². The van der Waals surface area contributed by atoms with Crippen LogP contribution in [0.3, 0.4) is 0 Å². The maximum atomic E-state index is 3.89. The molecule has 0 aliphatic carbocycles. The Bertz CT molecular complexity index is 255. The molecule has 0 nitrogen and oxygen atoms in total. The molecule has 0 aromatic carbocycles. The number of unbranched alkanes of at least 4 members (excludes halogenated alkanes) is 17. The maximum Gasteiger partial charge on any atom is 0.00886 e. The first-order valence-electron chi connectivity index (χ1n) is 10.5. The van der Waals surface area contributed by atoms with Gasteiger partial charge in [0.2, 0.25) is 0 Å². The molecule has 134 valence electrons. The largest absolute Gasteiger partial charge is 0.103 e. The van der Waals surface area contributed by atoms with E-state index in [4.69, 9.17) is 0 Å². The van der Waals surface area contributed by atoms with Gasteiger partial charge in [0.1, 0.15) is 0 Å². The minimum Gasteiger partial charge on any atom is -0.103 e. The summed E-state index contributed by atoms with van der Waals surface area (Å²) in [6.45, 7) is 7.76. The third kappa shape index (κ3) is 21.6. The van der Waals surface area contributed by atoms with E-state index in [1.54, 1.807) is 0 Å². The van der Waals surface area contributed by atoms with Crippen LogP contribution < -0.4 is 0 Å². The van der Waals surface area contributed by atoms with Crippen LogP contribution in [0, 0.1) is 25.7 Å². The van der Waals surface area contributed by atoms with Crippen molar-refractivity contribution in [2.24, 2.45) is 0 Å². The highest BCUT2D eigenvalue weighted by Crippen LogP contribution is 2.12. The molecular formula is C23H42. The van der Waals surface area contributed by atoms with Gasteiger partial charge in [0, 0.05) is 12.8 Å². The van der Waals surface area contributed by atoms with Crippen LogP contribution in [0.2, 0.25) is 0 Å². The van der Waals surface area contributed by atoms with Crippen molar-refractivity contribution < 1.29 is 0 Å². The Labute approximate surface area is 148 Å². The van der Waals surface area contributed by atoms with Crippen molar-refractivity contribution in [1.29, 1.82) is 0 Å². The van der Waals surface area contributed by atoms with Crippen molar-refractivity contribution in [1.82, 2.24) is 0 Å². The lowest BCUT2D eigenvalue weighted by Crippen LogP contribution is -1.82. The Balaban J connectivity index is 3.04. The Morgan fingerprint density at radius 2 is 0.609 bits per heavy atom. The predicted molar refractivity (Wildman–Crippen MR) is 106 cm³/mol. The van der Waals surface area contributed by atoms with Crippen LogP contribution in [0.15, 0.2) is 0 Å². The minimum absolute atomic E-state index is 1.07. The van der Waals surface area contributed by atoms with Gasteiger partial charge in [-0.1, -0.05) is 110 Å². The van der Waals surface area contributed by atoms with E-state index in [9.17, 15) is 0 Å². The van der Waals surface area contributed by atoms with Gasteiger partial charge in [-0.25, -0.2) is 0 Å². The Hall–Kier alpha value is -0.440. The molecule has 23 heavy (non-hydrogen) atoms. The molecule has 0 unspecified atom stereocenters. The van der Waals surface area contributed by atoms with Gasteiger partial charge in [0.25, 0.3) is 0 Å². The summed E-state index contributed by atoms with van der Waals surface area (Å²) in [5, 5.41) is 0. The SMILES string of the molecule is [CH2]CCCCCC#CCCCCCCCCCCCCCC[CH2]. The van der Waals surface area contributed by atoms with Crippen LogP contribution in [0.1, 0.15) is 122 Å². The Morgan fingerprint density at radius 3 is 0.957 bits per heavy atom. The van der Waals surface area contributed by atoms with Crippen LogP contribution >= 0.6 is 0 Å². The maximum absolute atomic E-state index is 3.89. The van der Waals surface area contributed by atoms with E-state index in [1.165, 1.54) is 96.3 Å². The fourth-order valence-corrected chi connectivity index (χ4v) is 2.90. The summed E-state index contributed by atoms with van der Waals surface area (Å²) in [6, 6.07) is 0. The predicted octanol–water partition coefficient (Wildman–Crippen LogP) is 8.07. The first kappa shape index (κ1) is 22.6. The number of hydrogen-bond donors (Lipinski definition) is 0. The van der Waals surface area contributed by atoms with Gasteiger partial charge in [-0.3, -0.25) is 0 Å². The van der Waals surface area contributed by atoms with E-state index in [2.05, 4.69) is 25.7 Å².